The Balaban J connectivity index is 1.47. The van der Waals surface area contributed by atoms with Gasteiger partial charge in [0.05, 0.1) is 6.61 Å². The van der Waals surface area contributed by atoms with Gasteiger partial charge in [0.15, 0.2) is 0 Å². The van der Waals surface area contributed by atoms with Gasteiger partial charge < -0.3 is 9.84 Å². The second-order valence-corrected chi connectivity index (χ2v) is 6.03. The molecule has 0 heterocycles. The predicted molar refractivity (Wildman–Crippen MR) is 75.1 cm³/mol. The summed E-state index contributed by atoms with van der Waals surface area (Å²) in [6.45, 7) is 0.573. The molecule has 2 aliphatic carbocycles. The van der Waals surface area contributed by atoms with Gasteiger partial charge in [0.2, 0.25) is 0 Å². The Morgan fingerprint density at radius 2 is 1.80 bits per heavy atom. The summed E-state index contributed by atoms with van der Waals surface area (Å²) in [6.07, 6.45) is 10.9. The van der Waals surface area contributed by atoms with E-state index in [-0.39, 0.29) is 12.4 Å². The van der Waals surface area contributed by atoms with Gasteiger partial charge in [-0.15, -0.1) is 0 Å². The number of carboxylic acids is 1. The average molecular weight is 280 g/mol. The molecule has 0 radical (unpaired) electrons. The summed E-state index contributed by atoms with van der Waals surface area (Å²) in [6, 6.07) is 0. The Kier molecular flexibility index (Phi) is 5.62. The van der Waals surface area contributed by atoms with Crippen LogP contribution in [-0.4, -0.2) is 23.7 Å². The molecule has 0 aromatic heterocycles. The monoisotopic (exact) mass is 280 g/mol. The second kappa shape index (κ2) is 7.46. The smallest absolute Gasteiger partial charge is 0.305 e. The summed E-state index contributed by atoms with van der Waals surface area (Å²) in [5, 5.41) is 8.50. The highest BCUT2D eigenvalue weighted by atomic mass is 16.5. The highest BCUT2D eigenvalue weighted by Gasteiger charge is 2.36. The van der Waals surface area contributed by atoms with Crippen molar-refractivity contribution < 1.29 is 19.4 Å². The topological polar surface area (TPSA) is 63.6 Å². The number of ether oxygens (including phenoxy) is 1. The van der Waals surface area contributed by atoms with Gasteiger partial charge in [-0.3, -0.25) is 9.59 Å². The van der Waals surface area contributed by atoms with Crippen molar-refractivity contribution in [2.45, 2.75) is 51.4 Å². The third-order valence-electron chi connectivity index (χ3n) is 4.40. The molecule has 0 spiro atoms. The number of hydrogen-bond acceptors (Lipinski definition) is 3. The number of aliphatic carboxylic acids is 1. The largest absolute Gasteiger partial charge is 0.481 e. The number of carboxylic acid groups (broad SMARTS) is 1. The second-order valence-electron chi connectivity index (χ2n) is 6.03. The first kappa shape index (κ1) is 15.1. The normalized spacial score (nSPS) is 26.9. The maximum atomic E-state index is 11.6. The number of fused-ring (bicyclic) bond motifs is 2. The van der Waals surface area contributed by atoms with Crippen molar-refractivity contribution in [1.29, 1.82) is 0 Å². The number of carbonyl (C=O) groups is 2. The van der Waals surface area contributed by atoms with Crippen molar-refractivity contribution in [2.24, 2.45) is 17.8 Å². The maximum absolute atomic E-state index is 11.6. The van der Waals surface area contributed by atoms with Crippen LogP contribution in [0.25, 0.3) is 0 Å². The minimum Gasteiger partial charge on any atom is -0.481 e. The van der Waals surface area contributed by atoms with Crippen LogP contribution >= 0.6 is 0 Å². The van der Waals surface area contributed by atoms with Crippen LogP contribution in [0.15, 0.2) is 12.2 Å². The quantitative estimate of drug-likeness (QED) is 0.400. The fourth-order valence-electron chi connectivity index (χ4n) is 3.26. The number of hydrogen-bond donors (Lipinski definition) is 1. The molecule has 1 fully saturated rings. The molecule has 0 aromatic carbocycles. The molecule has 4 heteroatoms. The van der Waals surface area contributed by atoms with Crippen molar-refractivity contribution in [3.8, 4) is 0 Å². The minimum absolute atomic E-state index is 0.102. The molecule has 1 N–H and O–H groups in total. The molecular weight excluding hydrogens is 256 g/mol. The summed E-state index contributed by atoms with van der Waals surface area (Å²) in [4.78, 5) is 21.9. The van der Waals surface area contributed by atoms with Crippen LogP contribution in [0, 0.1) is 17.8 Å². The molecule has 112 valence electrons. The van der Waals surface area contributed by atoms with Crippen LogP contribution in [0.1, 0.15) is 51.4 Å². The molecule has 20 heavy (non-hydrogen) atoms. The van der Waals surface area contributed by atoms with Crippen LogP contribution in [0.3, 0.4) is 0 Å². The first-order valence-electron chi connectivity index (χ1n) is 7.71. The van der Waals surface area contributed by atoms with Crippen molar-refractivity contribution in [3.05, 3.63) is 12.2 Å². The molecule has 0 aromatic rings. The third-order valence-corrected chi connectivity index (χ3v) is 4.40. The van der Waals surface area contributed by atoms with E-state index < -0.39 is 5.97 Å². The summed E-state index contributed by atoms with van der Waals surface area (Å²) < 4.78 is 5.36. The Bertz CT molecular complexity index is 375. The van der Waals surface area contributed by atoms with Crippen LogP contribution in [0.4, 0.5) is 0 Å². The average Bonchev–Trinajstić information content (AvgIpc) is 3.02. The predicted octanol–water partition coefficient (Wildman–Crippen LogP) is 3.17. The summed E-state index contributed by atoms with van der Waals surface area (Å²) in [5.41, 5.74) is 0. The van der Waals surface area contributed by atoms with Gasteiger partial charge in [-0.1, -0.05) is 25.0 Å². The Morgan fingerprint density at radius 3 is 2.40 bits per heavy atom. The van der Waals surface area contributed by atoms with Gasteiger partial charge in [-0.2, -0.15) is 0 Å². The standard InChI is InChI=1S/C16H24O4/c17-15(18)5-3-1-2-4-6-16(19)20-11-14-10-12-7-8-13(14)9-12/h7-8,12-14H,1-6,9-11H2,(H,17,18)/t12-,13+,14?/m1/s1. The van der Waals surface area contributed by atoms with E-state index in [1.54, 1.807) is 0 Å². The lowest BCUT2D eigenvalue weighted by atomic mass is 9.95. The van der Waals surface area contributed by atoms with E-state index in [4.69, 9.17) is 9.84 Å². The van der Waals surface area contributed by atoms with Gasteiger partial charge >= 0.3 is 11.9 Å². The van der Waals surface area contributed by atoms with Crippen molar-refractivity contribution in [1.82, 2.24) is 0 Å². The molecular formula is C16H24O4. The van der Waals surface area contributed by atoms with Crippen molar-refractivity contribution in [2.75, 3.05) is 6.61 Å². The van der Waals surface area contributed by atoms with Crippen LogP contribution in [-0.2, 0) is 14.3 Å². The Labute approximate surface area is 120 Å². The van der Waals surface area contributed by atoms with E-state index in [1.165, 1.54) is 12.8 Å². The van der Waals surface area contributed by atoms with E-state index >= 15 is 0 Å². The Morgan fingerprint density at radius 1 is 1.05 bits per heavy atom. The van der Waals surface area contributed by atoms with Crippen LogP contribution < -0.4 is 0 Å². The number of allylic oxidation sites excluding steroid dienone is 2. The fourth-order valence-corrected chi connectivity index (χ4v) is 3.26. The van der Waals surface area contributed by atoms with E-state index in [0.29, 0.717) is 31.3 Å². The number of esters is 1. The lowest BCUT2D eigenvalue weighted by Crippen LogP contribution is -2.17. The molecule has 4 nitrogen and oxygen atoms in total. The zero-order valence-corrected chi connectivity index (χ0v) is 11.9. The van der Waals surface area contributed by atoms with Crippen LogP contribution in [0.5, 0.6) is 0 Å². The van der Waals surface area contributed by atoms with Gasteiger partial charge in [0, 0.05) is 12.8 Å². The molecule has 1 saturated carbocycles. The number of rotatable bonds is 9. The van der Waals surface area contributed by atoms with Crippen LogP contribution in [0.2, 0.25) is 0 Å². The molecule has 2 bridgehead atoms. The van der Waals surface area contributed by atoms with Crippen molar-refractivity contribution >= 4 is 11.9 Å². The zero-order chi connectivity index (χ0) is 14.4. The van der Waals surface area contributed by atoms with Gasteiger partial charge in [0.1, 0.15) is 0 Å². The molecule has 0 amide bonds. The molecule has 1 unspecified atom stereocenters. The third kappa shape index (κ3) is 4.66. The number of carbonyl (C=O) groups excluding carboxylic acids is 1. The van der Waals surface area contributed by atoms with Gasteiger partial charge in [-0.05, 0) is 43.4 Å². The lowest BCUT2D eigenvalue weighted by Gasteiger charge is -2.17. The highest BCUT2D eigenvalue weighted by Crippen LogP contribution is 2.43. The van der Waals surface area contributed by atoms with Crippen molar-refractivity contribution in [3.63, 3.8) is 0 Å². The summed E-state index contributed by atoms with van der Waals surface area (Å²) in [5.74, 6) is 1.03. The molecule has 2 aliphatic rings. The summed E-state index contributed by atoms with van der Waals surface area (Å²) >= 11 is 0. The van der Waals surface area contributed by atoms with E-state index in [1.807, 2.05) is 0 Å². The maximum Gasteiger partial charge on any atom is 0.305 e. The van der Waals surface area contributed by atoms with Gasteiger partial charge in [-0.25, -0.2) is 0 Å². The molecule has 2 rings (SSSR count). The SMILES string of the molecule is O=C(O)CCCCCCC(=O)OCC1C[C@@H]2C=C[C@H]1C2. The first-order chi connectivity index (χ1) is 9.65. The van der Waals surface area contributed by atoms with E-state index in [9.17, 15) is 9.59 Å². The molecule has 0 aliphatic heterocycles. The van der Waals surface area contributed by atoms with Gasteiger partial charge in [0.25, 0.3) is 0 Å². The van der Waals surface area contributed by atoms with E-state index in [2.05, 4.69) is 12.2 Å². The zero-order valence-electron chi connectivity index (χ0n) is 11.9. The number of unbranched alkanes of at least 4 members (excludes halogenated alkanes) is 3. The van der Waals surface area contributed by atoms with E-state index in [0.717, 1.165) is 25.2 Å². The first-order valence-corrected chi connectivity index (χ1v) is 7.71. The Hall–Kier alpha value is -1.32. The highest BCUT2D eigenvalue weighted by molar-refractivity contribution is 5.69. The minimum atomic E-state index is -0.746. The fraction of sp³-hybridized carbons (Fsp3) is 0.750. The molecule has 3 atom stereocenters. The lowest BCUT2D eigenvalue weighted by molar-refractivity contribution is -0.145. The summed E-state index contributed by atoms with van der Waals surface area (Å²) in [7, 11) is 0. The molecule has 0 saturated heterocycles.